The van der Waals surface area contributed by atoms with Gasteiger partial charge in [-0.05, 0) is 68.0 Å². The summed E-state index contributed by atoms with van der Waals surface area (Å²) < 4.78 is 13.0. The van der Waals surface area contributed by atoms with Crippen LogP contribution in [0.2, 0.25) is 0 Å². The number of aryl methyl sites for hydroxylation is 1. The number of aromatic amines is 1. The van der Waals surface area contributed by atoms with Crippen molar-refractivity contribution in [3.05, 3.63) is 71.2 Å². The highest BCUT2D eigenvalue weighted by Crippen LogP contribution is 2.46. The monoisotopic (exact) mass is 438 g/mol. The minimum atomic E-state index is -1.82. The van der Waals surface area contributed by atoms with Gasteiger partial charge in [-0.3, -0.25) is 4.90 Å². The van der Waals surface area contributed by atoms with Gasteiger partial charge >= 0.3 is 11.9 Å². The number of rotatable bonds is 5. The van der Waals surface area contributed by atoms with Crippen LogP contribution in [0.3, 0.4) is 0 Å². The van der Waals surface area contributed by atoms with Gasteiger partial charge in [0, 0.05) is 35.1 Å². The first-order valence-corrected chi connectivity index (χ1v) is 11.0. The maximum Gasteiger partial charge on any atom is 0.414 e. The van der Waals surface area contributed by atoms with Crippen LogP contribution in [-0.4, -0.2) is 44.6 Å². The Hall–Kier alpha value is -3.19. The van der Waals surface area contributed by atoms with Gasteiger partial charge in [0.15, 0.2) is 0 Å². The number of hydrogen-bond donors (Lipinski definition) is 3. The number of carbonyl (C=O) groups is 2. The summed E-state index contributed by atoms with van der Waals surface area (Å²) in [6.07, 6.45) is 7.20. The number of benzene rings is 2. The Morgan fingerprint density at radius 1 is 1.00 bits per heavy atom. The number of carboxylic acids is 2. The molecule has 6 nitrogen and oxygen atoms in total. The fourth-order valence-corrected chi connectivity index (χ4v) is 5.08. The highest BCUT2D eigenvalue weighted by molar-refractivity contribution is 6.27. The van der Waals surface area contributed by atoms with E-state index in [2.05, 4.69) is 34.1 Å². The molecule has 2 atom stereocenters. The normalized spacial score (nSPS) is 19.3. The molecular formula is C25H27FN2O4. The molecule has 3 N–H and O–H groups in total. The van der Waals surface area contributed by atoms with E-state index in [-0.39, 0.29) is 5.82 Å². The molecule has 5 rings (SSSR count). The Bertz CT molecular complexity index is 1100. The predicted molar refractivity (Wildman–Crippen MR) is 119 cm³/mol. The van der Waals surface area contributed by atoms with Gasteiger partial charge in [0.1, 0.15) is 5.82 Å². The third kappa shape index (κ3) is 4.67. The Balaban J connectivity index is 0.000000363. The second kappa shape index (κ2) is 9.53. The van der Waals surface area contributed by atoms with E-state index < -0.39 is 11.9 Å². The van der Waals surface area contributed by atoms with E-state index in [0.717, 1.165) is 6.42 Å². The van der Waals surface area contributed by atoms with E-state index >= 15 is 0 Å². The number of fused-ring (bicyclic) bond motifs is 6. The summed E-state index contributed by atoms with van der Waals surface area (Å²) in [5.41, 5.74) is 5.57. The Morgan fingerprint density at radius 3 is 2.44 bits per heavy atom. The van der Waals surface area contributed by atoms with E-state index in [1.807, 2.05) is 12.1 Å². The fraction of sp³-hybridized carbons (Fsp3) is 0.360. The molecule has 2 aliphatic heterocycles. The first kappa shape index (κ1) is 22.0. The Labute approximate surface area is 185 Å². The quantitative estimate of drug-likeness (QED) is 0.401. The molecular weight excluding hydrogens is 411 g/mol. The average Bonchev–Trinajstić information content (AvgIpc) is 3.28. The molecule has 0 radical (unpaired) electrons. The number of nitrogens with one attached hydrogen (secondary N) is 1. The SMILES string of the molecule is Fc1ccc(CCCCN2C3CCC2c2c([nH]c4ccccc24)C3)cc1.O=C(O)C(=O)O. The molecule has 2 aromatic carbocycles. The smallest absolute Gasteiger partial charge is 0.414 e. The van der Waals surface area contributed by atoms with Crippen LogP contribution in [0.25, 0.3) is 10.9 Å². The predicted octanol–water partition coefficient (Wildman–Crippen LogP) is 4.55. The molecule has 2 aliphatic rings. The minimum Gasteiger partial charge on any atom is -0.473 e. The lowest BCUT2D eigenvalue weighted by Crippen LogP contribution is -2.37. The van der Waals surface area contributed by atoms with Gasteiger partial charge in [-0.15, -0.1) is 0 Å². The molecule has 1 fully saturated rings. The third-order valence-electron chi connectivity index (χ3n) is 6.47. The van der Waals surface area contributed by atoms with Gasteiger partial charge in [0.2, 0.25) is 0 Å². The van der Waals surface area contributed by atoms with Crippen molar-refractivity contribution >= 4 is 22.8 Å². The number of aromatic nitrogens is 1. The molecule has 3 heterocycles. The zero-order valence-electron chi connectivity index (χ0n) is 17.8. The van der Waals surface area contributed by atoms with Crippen LogP contribution in [0.15, 0.2) is 48.5 Å². The van der Waals surface area contributed by atoms with E-state index in [1.54, 1.807) is 17.7 Å². The molecule has 0 aliphatic carbocycles. The number of H-pyrrole nitrogens is 1. The van der Waals surface area contributed by atoms with E-state index in [0.29, 0.717) is 12.1 Å². The summed E-state index contributed by atoms with van der Waals surface area (Å²) in [7, 11) is 0. The van der Waals surface area contributed by atoms with Gasteiger partial charge < -0.3 is 15.2 Å². The number of hydrogen-bond acceptors (Lipinski definition) is 3. The van der Waals surface area contributed by atoms with Crippen LogP contribution in [0.4, 0.5) is 4.39 Å². The summed E-state index contributed by atoms with van der Waals surface area (Å²) in [5.74, 6) is -3.79. The molecule has 2 bridgehead atoms. The summed E-state index contributed by atoms with van der Waals surface area (Å²) in [4.78, 5) is 24.6. The van der Waals surface area contributed by atoms with Crippen LogP contribution in [-0.2, 0) is 22.4 Å². The summed E-state index contributed by atoms with van der Waals surface area (Å²) in [6.45, 7) is 1.18. The second-order valence-corrected chi connectivity index (χ2v) is 8.45. The second-order valence-electron chi connectivity index (χ2n) is 8.45. The van der Waals surface area contributed by atoms with Crippen molar-refractivity contribution < 1.29 is 24.2 Å². The maximum atomic E-state index is 13.0. The highest BCUT2D eigenvalue weighted by atomic mass is 19.1. The molecule has 0 spiro atoms. The van der Waals surface area contributed by atoms with Crippen molar-refractivity contribution in [2.45, 2.75) is 50.6 Å². The number of unbranched alkanes of at least 4 members (excludes halogenated alkanes) is 1. The van der Waals surface area contributed by atoms with E-state index in [4.69, 9.17) is 19.8 Å². The molecule has 0 amide bonds. The van der Waals surface area contributed by atoms with Crippen LogP contribution in [0.1, 0.15) is 48.5 Å². The van der Waals surface area contributed by atoms with Gasteiger partial charge in [-0.2, -0.15) is 0 Å². The van der Waals surface area contributed by atoms with Gasteiger partial charge in [0.25, 0.3) is 0 Å². The number of nitrogens with zero attached hydrogens (tertiary/aromatic N) is 1. The first-order valence-electron chi connectivity index (χ1n) is 11.0. The Kier molecular flexibility index (Phi) is 6.55. The van der Waals surface area contributed by atoms with Crippen LogP contribution < -0.4 is 0 Å². The lowest BCUT2D eigenvalue weighted by atomic mass is 9.96. The topological polar surface area (TPSA) is 93.6 Å². The average molecular weight is 438 g/mol. The largest absolute Gasteiger partial charge is 0.473 e. The number of halogens is 1. The van der Waals surface area contributed by atoms with Crippen molar-refractivity contribution in [1.29, 1.82) is 0 Å². The zero-order valence-corrected chi connectivity index (χ0v) is 17.8. The fourth-order valence-electron chi connectivity index (χ4n) is 5.08. The standard InChI is InChI=1S/C23H25FN2.C2H2O4/c24-17-10-8-16(9-11-17)5-3-4-14-26-18-12-13-22(26)23-19-6-1-2-7-20(19)25-21(23)15-18;3-1(4)2(5)6/h1-2,6-11,18,22,25H,3-5,12-15H2;(H,3,4)(H,5,6). The number of para-hydroxylation sites is 1. The lowest BCUT2D eigenvalue weighted by molar-refractivity contribution is -0.159. The molecule has 0 saturated carbocycles. The van der Waals surface area contributed by atoms with E-state index in [9.17, 15) is 4.39 Å². The van der Waals surface area contributed by atoms with Gasteiger partial charge in [-0.25, -0.2) is 14.0 Å². The van der Waals surface area contributed by atoms with Crippen molar-refractivity contribution in [2.24, 2.45) is 0 Å². The van der Waals surface area contributed by atoms with Crippen molar-refractivity contribution in [2.75, 3.05) is 6.54 Å². The van der Waals surface area contributed by atoms with Gasteiger partial charge in [-0.1, -0.05) is 30.3 Å². The van der Waals surface area contributed by atoms with E-state index in [1.165, 1.54) is 60.8 Å². The molecule has 3 aromatic rings. The maximum absolute atomic E-state index is 13.0. The zero-order chi connectivity index (χ0) is 22.7. The van der Waals surface area contributed by atoms with Gasteiger partial charge in [0.05, 0.1) is 0 Å². The van der Waals surface area contributed by atoms with Crippen molar-refractivity contribution in [3.8, 4) is 0 Å². The molecule has 1 saturated heterocycles. The van der Waals surface area contributed by atoms with Crippen LogP contribution in [0, 0.1) is 5.82 Å². The van der Waals surface area contributed by atoms with Crippen LogP contribution in [0.5, 0.6) is 0 Å². The number of aliphatic carboxylic acids is 2. The highest BCUT2D eigenvalue weighted by Gasteiger charge is 2.41. The summed E-state index contributed by atoms with van der Waals surface area (Å²) >= 11 is 0. The molecule has 1 aromatic heterocycles. The first-order chi connectivity index (χ1) is 15.4. The summed E-state index contributed by atoms with van der Waals surface area (Å²) in [6, 6.07) is 17.0. The van der Waals surface area contributed by atoms with Crippen LogP contribution >= 0.6 is 0 Å². The molecule has 168 valence electrons. The summed E-state index contributed by atoms with van der Waals surface area (Å²) in [5, 5.41) is 16.2. The lowest BCUT2D eigenvalue weighted by Gasteiger charge is -2.35. The molecule has 7 heteroatoms. The molecule has 32 heavy (non-hydrogen) atoms. The third-order valence-corrected chi connectivity index (χ3v) is 6.47. The minimum absolute atomic E-state index is 0.145. The van der Waals surface area contributed by atoms with Crippen molar-refractivity contribution in [1.82, 2.24) is 9.88 Å². The Morgan fingerprint density at radius 2 is 1.72 bits per heavy atom. The number of carboxylic acid groups (broad SMARTS) is 2. The molecule has 2 unspecified atom stereocenters. The van der Waals surface area contributed by atoms with Crippen molar-refractivity contribution in [3.63, 3.8) is 0 Å².